The maximum absolute atomic E-state index is 9.19. The Kier molecular flexibility index (Phi) is 8.27. The van der Waals surface area contributed by atoms with Crippen molar-refractivity contribution in [1.29, 1.82) is 0 Å². The molecule has 6 nitrogen and oxygen atoms in total. The minimum atomic E-state index is -3.67. The molecule has 0 saturated carbocycles. The van der Waals surface area contributed by atoms with Gasteiger partial charge in [-0.05, 0) is 73.5 Å². The zero-order valence-corrected chi connectivity index (χ0v) is 20.1. The van der Waals surface area contributed by atoms with Crippen molar-refractivity contribution < 1.29 is 17.7 Å². The van der Waals surface area contributed by atoms with Gasteiger partial charge in [-0.2, -0.15) is 8.42 Å². The van der Waals surface area contributed by atoms with Crippen molar-refractivity contribution in [3.63, 3.8) is 0 Å². The summed E-state index contributed by atoms with van der Waals surface area (Å²) in [6, 6.07) is 13.4. The van der Waals surface area contributed by atoms with Crippen LogP contribution in [0.1, 0.15) is 35.4 Å². The predicted molar refractivity (Wildman–Crippen MR) is 128 cm³/mol. The van der Waals surface area contributed by atoms with Crippen LogP contribution in [-0.2, 0) is 23.0 Å². The standard InChI is InChI=1S/C22H28N2OS.CH4O3S/c1-24(12-11-16-9-10-20-22(13-16)26-15-23-20)14-17-5-3-7-19-18(17)6-4-8-21(19)25-2;1-5(2,3)4/h4,6,8-10,13,17,23H,3,5,7,11-12,14-15H2,1-2H3;1H3,(H,2,3,4)/t17-;/m0./s1. The molecule has 1 aliphatic carbocycles. The predicted octanol–water partition coefficient (Wildman–Crippen LogP) is 4.27. The Balaban J connectivity index is 0.000000491. The fourth-order valence-electron chi connectivity index (χ4n) is 4.26. The summed E-state index contributed by atoms with van der Waals surface area (Å²) < 4.78 is 31.5. The van der Waals surface area contributed by atoms with E-state index in [1.807, 2.05) is 11.8 Å². The maximum atomic E-state index is 9.19. The lowest BCUT2D eigenvalue weighted by Gasteiger charge is -2.30. The zero-order chi connectivity index (χ0) is 22.4. The average molecular weight is 465 g/mol. The molecule has 170 valence electrons. The van der Waals surface area contributed by atoms with Gasteiger partial charge < -0.3 is 15.0 Å². The first-order chi connectivity index (χ1) is 14.7. The van der Waals surface area contributed by atoms with E-state index in [1.165, 1.54) is 40.1 Å². The zero-order valence-electron chi connectivity index (χ0n) is 18.4. The molecule has 1 atom stereocenters. The van der Waals surface area contributed by atoms with E-state index in [2.05, 4.69) is 53.7 Å². The van der Waals surface area contributed by atoms with E-state index in [0.717, 1.165) is 37.6 Å². The monoisotopic (exact) mass is 464 g/mol. The van der Waals surface area contributed by atoms with Crippen LogP contribution in [0.25, 0.3) is 0 Å². The molecule has 2 aliphatic rings. The van der Waals surface area contributed by atoms with Crippen LogP contribution in [0.2, 0.25) is 0 Å². The number of rotatable bonds is 6. The third kappa shape index (κ3) is 7.14. The van der Waals surface area contributed by atoms with E-state index in [1.54, 1.807) is 7.11 Å². The molecule has 4 rings (SSSR count). The van der Waals surface area contributed by atoms with Gasteiger partial charge in [0.2, 0.25) is 0 Å². The third-order valence-corrected chi connectivity index (χ3v) is 6.60. The second kappa shape index (κ2) is 10.7. The van der Waals surface area contributed by atoms with Gasteiger partial charge >= 0.3 is 0 Å². The van der Waals surface area contributed by atoms with Gasteiger partial charge in [0.1, 0.15) is 5.75 Å². The molecule has 0 saturated heterocycles. The van der Waals surface area contributed by atoms with Crippen LogP contribution in [0.5, 0.6) is 5.75 Å². The number of ether oxygens (including phenoxy) is 1. The summed E-state index contributed by atoms with van der Waals surface area (Å²) in [6.07, 6.45) is 5.53. The molecule has 2 aromatic rings. The van der Waals surface area contributed by atoms with Gasteiger partial charge in [-0.1, -0.05) is 18.2 Å². The summed E-state index contributed by atoms with van der Waals surface area (Å²) in [5.74, 6) is 2.70. The van der Waals surface area contributed by atoms with E-state index < -0.39 is 10.1 Å². The lowest BCUT2D eigenvalue weighted by atomic mass is 9.82. The topological polar surface area (TPSA) is 78.9 Å². The van der Waals surface area contributed by atoms with Gasteiger partial charge in [0, 0.05) is 23.7 Å². The molecular formula is C23H32N2O4S2. The highest BCUT2D eigenvalue weighted by Gasteiger charge is 2.23. The first-order valence-corrected chi connectivity index (χ1v) is 13.3. The van der Waals surface area contributed by atoms with E-state index in [4.69, 9.17) is 9.29 Å². The third-order valence-electron chi connectivity index (χ3n) is 5.66. The minimum absolute atomic E-state index is 0.624. The van der Waals surface area contributed by atoms with E-state index in [0.29, 0.717) is 12.2 Å². The lowest BCUT2D eigenvalue weighted by molar-refractivity contribution is 0.299. The van der Waals surface area contributed by atoms with E-state index >= 15 is 0 Å². The number of methoxy groups -OCH3 is 1. The summed E-state index contributed by atoms with van der Waals surface area (Å²) in [6.45, 7) is 2.23. The minimum Gasteiger partial charge on any atom is -0.496 e. The van der Waals surface area contributed by atoms with E-state index in [9.17, 15) is 8.42 Å². The number of hydrogen-bond acceptors (Lipinski definition) is 6. The number of thioether (sulfide) groups is 1. The molecule has 0 spiro atoms. The number of fused-ring (bicyclic) bond motifs is 2. The molecule has 1 aliphatic heterocycles. The summed E-state index contributed by atoms with van der Waals surface area (Å²) in [5.41, 5.74) is 5.67. The number of hydrogen-bond donors (Lipinski definition) is 2. The van der Waals surface area contributed by atoms with Crippen molar-refractivity contribution in [3.05, 3.63) is 53.1 Å². The van der Waals surface area contributed by atoms with Gasteiger partial charge in [0.15, 0.2) is 0 Å². The Bertz CT molecular complexity index is 987. The second-order valence-electron chi connectivity index (χ2n) is 8.16. The van der Waals surface area contributed by atoms with Crippen LogP contribution >= 0.6 is 11.8 Å². The molecule has 0 aromatic heterocycles. The Morgan fingerprint density at radius 3 is 2.81 bits per heavy atom. The first kappa shape index (κ1) is 23.9. The Morgan fingerprint density at radius 2 is 2.06 bits per heavy atom. The van der Waals surface area contributed by atoms with Crippen molar-refractivity contribution in [1.82, 2.24) is 4.90 Å². The SMILES string of the molecule is COc1cccc2c1CCC[C@H]2CN(C)CCc1ccc2c(c1)SCN2.CS(=O)(=O)O. The normalized spacial score (nSPS) is 17.3. The van der Waals surface area contributed by atoms with Crippen LogP contribution in [0.3, 0.4) is 0 Å². The Labute approximate surface area is 190 Å². The fraction of sp³-hybridized carbons (Fsp3) is 0.478. The molecule has 2 aromatic carbocycles. The molecule has 2 N–H and O–H groups in total. The van der Waals surface area contributed by atoms with Crippen LogP contribution < -0.4 is 10.1 Å². The second-order valence-corrected chi connectivity index (χ2v) is 10.6. The molecule has 0 fully saturated rings. The van der Waals surface area contributed by atoms with Crippen molar-refractivity contribution in [2.24, 2.45) is 0 Å². The van der Waals surface area contributed by atoms with Gasteiger partial charge in [0.25, 0.3) is 10.1 Å². The maximum Gasteiger partial charge on any atom is 0.261 e. The fourth-order valence-corrected chi connectivity index (χ4v) is 5.17. The largest absolute Gasteiger partial charge is 0.496 e. The van der Waals surface area contributed by atoms with Gasteiger partial charge in [0.05, 0.1) is 19.2 Å². The Hall–Kier alpha value is -1.74. The van der Waals surface area contributed by atoms with Crippen LogP contribution in [0, 0.1) is 0 Å². The van der Waals surface area contributed by atoms with Gasteiger partial charge in [-0.15, -0.1) is 11.8 Å². The number of benzene rings is 2. The van der Waals surface area contributed by atoms with Crippen molar-refractivity contribution in [2.75, 3.05) is 44.7 Å². The molecule has 0 radical (unpaired) electrons. The molecule has 31 heavy (non-hydrogen) atoms. The van der Waals surface area contributed by atoms with Crippen LogP contribution in [0.4, 0.5) is 5.69 Å². The summed E-state index contributed by atoms with van der Waals surface area (Å²) in [4.78, 5) is 3.90. The molecule has 0 bridgehead atoms. The number of nitrogens with zero attached hydrogens (tertiary/aromatic N) is 1. The Morgan fingerprint density at radius 1 is 1.29 bits per heavy atom. The number of anilines is 1. The molecular weight excluding hydrogens is 432 g/mol. The quantitative estimate of drug-likeness (QED) is 0.618. The van der Waals surface area contributed by atoms with Gasteiger partial charge in [-0.25, -0.2) is 0 Å². The van der Waals surface area contributed by atoms with Crippen LogP contribution in [-0.4, -0.2) is 57.2 Å². The smallest absolute Gasteiger partial charge is 0.261 e. The molecule has 0 amide bonds. The first-order valence-electron chi connectivity index (χ1n) is 10.5. The summed E-state index contributed by atoms with van der Waals surface area (Å²) in [7, 11) is 0.383. The van der Waals surface area contributed by atoms with Crippen molar-refractivity contribution in [3.8, 4) is 5.75 Å². The summed E-state index contributed by atoms with van der Waals surface area (Å²) in [5, 5.41) is 3.41. The lowest BCUT2D eigenvalue weighted by Crippen LogP contribution is -2.28. The number of likely N-dealkylation sites (N-methyl/N-ethyl adjacent to an activating group) is 1. The highest BCUT2D eigenvalue weighted by atomic mass is 32.2. The highest BCUT2D eigenvalue weighted by molar-refractivity contribution is 7.99. The van der Waals surface area contributed by atoms with Gasteiger partial charge in [-0.3, -0.25) is 4.55 Å². The number of nitrogens with one attached hydrogen (secondary N) is 1. The molecule has 1 heterocycles. The molecule has 0 unspecified atom stereocenters. The summed E-state index contributed by atoms with van der Waals surface area (Å²) >= 11 is 1.90. The van der Waals surface area contributed by atoms with Crippen molar-refractivity contribution >= 4 is 27.6 Å². The van der Waals surface area contributed by atoms with Crippen LogP contribution in [0.15, 0.2) is 41.3 Å². The highest BCUT2D eigenvalue weighted by Crippen LogP contribution is 2.37. The average Bonchev–Trinajstić information content (AvgIpc) is 3.19. The molecule has 8 heteroatoms. The van der Waals surface area contributed by atoms with Crippen molar-refractivity contribution in [2.45, 2.75) is 36.5 Å². The van der Waals surface area contributed by atoms with E-state index in [-0.39, 0.29) is 0 Å².